The summed E-state index contributed by atoms with van der Waals surface area (Å²) < 4.78 is 74.5. The van der Waals surface area contributed by atoms with Crippen molar-refractivity contribution < 1.29 is 41.4 Å². The Morgan fingerprint density at radius 2 is 1.76 bits per heavy atom. The summed E-state index contributed by atoms with van der Waals surface area (Å²) in [6.07, 6.45) is -3.02. The lowest BCUT2D eigenvalue weighted by Crippen LogP contribution is -2.55. The lowest BCUT2D eigenvalue weighted by atomic mass is 9.85. The van der Waals surface area contributed by atoms with Crippen LogP contribution in [0.3, 0.4) is 0 Å². The summed E-state index contributed by atoms with van der Waals surface area (Å²) in [6, 6.07) is 4.64. The Hall–Kier alpha value is -4.07. The maximum Gasteiger partial charge on any atom is 0.416 e. The number of aromatic nitrogens is 3. The van der Waals surface area contributed by atoms with Crippen molar-refractivity contribution in [2.24, 2.45) is 0 Å². The van der Waals surface area contributed by atoms with E-state index in [1.807, 2.05) is 0 Å². The third-order valence-electron chi connectivity index (χ3n) is 6.17. The zero-order valence-corrected chi connectivity index (χ0v) is 22.7. The minimum atomic E-state index is -4.63. The monoisotopic (exact) mass is 583 g/mol. The number of nitrogens with one attached hydrogen (secondary N) is 1. The summed E-state index contributed by atoms with van der Waals surface area (Å²) in [5.74, 6) is -2.83. The second-order valence-electron chi connectivity index (χ2n) is 10.3. The molecule has 0 saturated carbocycles. The van der Waals surface area contributed by atoms with Gasteiger partial charge in [0, 0.05) is 30.3 Å². The molecule has 2 aromatic carbocycles. The predicted octanol–water partition coefficient (Wildman–Crippen LogP) is 4.52. The number of ether oxygens (including phenoxy) is 1. The van der Waals surface area contributed by atoms with Crippen molar-refractivity contribution in [3.05, 3.63) is 83.4 Å². The summed E-state index contributed by atoms with van der Waals surface area (Å²) in [5, 5.41) is 18.4. The van der Waals surface area contributed by atoms with Crippen LogP contribution in [0.15, 0.2) is 55.1 Å². The number of amides is 2. The lowest BCUT2D eigenvalue weighted by Gasteiger charge is -2.41. The first kappa shape index (κ1) is 31.5. The van der Waals surface area contributed by atoms with Crippen LogP contribution in [-0.2, 0) is 23.1 Å². The molecule has 0 aliphatic rings. The van der Waals surface area contributed by atoms with Crippen molar-refractivity contribution in [2.45, 2.75) is 57.7 Å². The molecule has 9 nitrogen and oxygen atoms in total. The van der Waals surface area contributed by atoms with E-state index in [4.69, 9.17) is 4.74 Å². The molecule has 0 aliphatic carbocycles. The van der Waals surface area contributed by atoms with Gasteiger partial charge in [0.15, 0.2) is 0 Å². The van der Waals surface area contributed by atoms with Gasteiger partial charge in [-0.3, -0.25) is 4.79 Å². The number of benzene rings is 2. The molecular weight excluding hydrogens is 553 g/mol. The molecule has 3 rings (SSSR count). The van der Waals surface area contributed by atoms with E-state index in [1.54, 1.807) is 20.8 Å². The van der Waals surface area contributed by atoms with E-state index in [0.29, 0.717) is 6.07 Å². The number of alkyl halides is 3. The summed E-state index contributed by atoms with van der Waals surface area (Å²) >= 11 is 0. The number of rotatable bonds is 9. The van der Waals surface area contributed by atoms with Gasteiger partial charge in [-0.1, -0.05) is 6.07 Å². The van der Waals surface area contributed by atoms with Crippen LogP contribution in [0.25, 0.3) is 0 Å². The van der Waals surface area contributed by atoms with Gasteiger partial charge in [0.2, 0.25) is 0 Å². The molecule has 2 amide bonds. The first-order valence-electron chi connectivity index (χ1n) is 12.5. The summed E-state index contributed by atoms with van der Waals surface area (Å²) in [5.41, 5.74) is -4.57. The molecule has 0 radical (unpaired) electrons. The maximum atomic E-state index is 15.1. The minimum Gasteiger partial charge on any atom is -0.444 e. The SMILES string of the molecule is C[C@@H](N(CCNC(=O)OC(C)(C)C)C(=O)c1ccc(C(F)(F)F)cc1)[C@](O)(Cn1cncn1)c1ccc(F)cc1F. The molecule has 0 bridgehead atoms. The fraction of sp³-hybridized carbons (Fsp3) is 0.407. The van der Waals surface area contributed by atoms with Gasteiger partial charge in [-0.25, -0.2) is 23.2 Å². The first-order chi connectivity index (χ1) is 19.0. The van der Waals surface area contributed by atoms with Gasteiger partial charge >= 0.3 is 12.3 Å². The highest BCUT2D eigenvalue weighted by molar-refractivity contribution is 5.94. The fourth-order valence-electron chi connectivity index (χ4n) is 4.13. The van der Waals surface area contributed by atoms with Crippen LogP contribution in [0.5, 0.6) is 0 Å². The molecule has 0 spiro atoms. The number of nitrogens with zero attached hydrogens (tertiary/aromatic N) is 4. The van der Waals surface area contributed by atoms with Crippen molar-refractivity contribution in [3.63, 3.8) is 0 Å². The average Bonchev–Trinajstić information content (AvgIpc) is 3.37. The highest BCUT2D eigenvalue weighted by atomic mass is 19.4. The van der Waals surface area contributed by atoms with E-state index in [-0.39, 0.29) is 24.2 Å². The second-order valence-corrected chi connectivity index (χ2v) is 10.3. The molecule has 0 aliphatic heterocycles. The van der Waals surface area contributed by atoms with Gasteiger partial charge in [-0.2, -0.15) is 18.3 Å². The smallest absolute Gasteiger partial charge is 0.416 e. The molecular formula is C27H30F5N5O4. The van der Waals surface area contributed by atoms with E-state index in [1.165, 1.54) is 24.3 Å². The molecule has 2 N–H and O–H groups in total. The van der Waals surface area contributed by atoms with Gasteiger partial charge in [-0.05, 0) is 58.0 Å². The van der Waals surface area contributed by atoms with Crippen LogP contribution in [0.2, 0.25) is 0 Å². The normalized spacial score (nSPS) is 14.2. The number of halogens is 5. The molecule has 1 heterocycles. The van der Waals surface area contributed by atoms with E-state index in [9.17, 15) is 32.3 Å². The summed E-state index contributed by atoms with van der Waals surface area (Å²) in [6.45, 7) is 5.42. The highest BCUT2D eigenvalue weighted by Crippen LogP contribution is 2.34. The zero-order valence-electron chi connectivity index (χ0n) is 22.7. The van der Waals surface area contributed by atoms with Gasteiger partial charge in [-0.15, -0.1) is 0 Å². The van der Waals surface area contributed by atoms with Crippen LogP contribution in [0.4, 0.5) is 26.7 Å². The quantitative estimate of drug-likeness (QED) is 0.359. The summed E-state index contributed by atoms with van der Waals surface area (Å²) in [7, 11) is 0. The molecule has 41 heavy (non-hydrogen) atoms. The van der Waals surface area contributed by atoms with Crippen molar-refractivity contribution in [2.75, 3.05) is 13.1 Å². The van der Waals surface area contributed by atoms with Crippen LogP contribution in [-0.4, -0.2) is 61.5 Å². The van der Waals surface area contributed by atoms with Crippen LogP contribution in [0, 0.1) is 11.6 Å². The predicted molar refractivity (Wildman–Crippen MR) is 136 cm³/mol. The van der Waals surface area contributed by atoms with Crippen LogP contribution in [0.1, 0.15) is 49.2 Å². The summed E-state index contributed by atoms with van der Waals surface area (Å²) in [4.78, 5) is 30.7. The molecule has 0 unspecified atom stereocenters. The first-order valence-corrected chi connectivity index (χ1v) is 12.5. The Bertz CT molecular complexity index is 1340. The topological polar surface area (TPSA) is 110 Å². The average molecular weight is 584 g/mol. The van der Waals surface area contributed by atoms with Crippen molar-refractivity contribution in [1.82, 2.24) is 25.0 Å². The molecule has 0 saturated heterocycles. The van der Waals surface area contributed by atoms with E-state index < -0.39 is 59.2 Å². The highest BCUT2D eigenvalue weighted by Gasteiger charge is 2.44. The van der Waals surface area contributed by atoms with E-state index in [2.05, 4.69) is 15.4 Å². The number of carbonyl (C=O) groups excluding carboxylic acids is 2. The number of hydrogen-bond donors (Lipinski definition) is 2. The van der Waals surface area contributed by atoms with E-state index in [0.717, 1.165) is 41.3 Å². The van der Waals surface area contributed by atoms with Crippen molar-refractivity contribution >= 4 is 12.0 Å². The molecule has 3 aromatic rings. The van der Waals surface area contributed by atoms with Crippen LogP contribution < -0.4 is 5.32 Å². The molecule has 222 valence electrons. The van der Waals surface area contributed by atoms with Crippen molar-refractivity contribution in [3.8, 4) is 0 Å². The Labute approximate surface area is 232 Å². The number of aliphatic hydroxyl groups is 1. The second kappa shape index (κ2) is 12.2. The molecule has 1 aromatic heterocycles. The minimum absolute atomic E-state index is 0.162. The van der Waals surface area contributed by atoms with Gasteiger partial charge in [0.1, 0.15) is 35.5 Å². The van der Waals surface area contributed by atoms with E-state index >= 15 is 4.39 Å². The largest absolute Gasteiger partial charge is 0.444 e. The zero-order chi connectivity index (χ0) is 30.6. The van der Waals surface area contributed by atoms with Gasteiger partial charge in [0.25, 0.3) is 5.91 Å². The Morgan fingerprint density at radius 3 is 2.29 bits per heavy atom. The standard InChI is InChI=1S/C27H30F5N5O4/c1-17(26(40,14-36-16-33-15-35-36)21-10-9-20(28)13-22(21)29)37(12-11-34-24(39)41-25(2,3)4)23(38)18-5-7-19(8-6-18)27(30,31)32/h5-10,13,15-17,40H,11-12,14H2,1-4H3,(H,34,39)/t17-,26-/m1/s1. The fourth-order valence-corrected chi connectivity index (χ4v) is 4.13. The lowest BCUT2D eigenvalue weighted by molar-refractivity contribution is -0.137. The van der Waals surface area contributed by atoms with Crippen LogP contribution >= 0.6 is 0 Å². The van der Waals surface area contributed by atoms with Gasteiger partial charge < -0.3 is 20.1 Å². The third-order valence-corrected chi connectivity index (χ3v) is 6.17. The Morgan fingerprint density at radius 1 is 1.10 bits per heavy atom. The van der Waals surface area contributed by atoms with Crippen molar-refractivity contribution in [1.29, 1.82) is 0 Å². The number of hydrogen-bond acceptors (Lipinski definition) is 6. The molecule has 2 atom stereocenters. The molecule has 0 fully saturated rings. The number of alkyl carbamates (subject to hydrolysis) is 1. The van der Waals surface area contributed by atoms with Gasteiger partial charge in [0.05, 0.1) is 18.2 Å². The Balaban J connectivity index is 2.02. The third kappa shape index (κ3) is 7.99. The maximum absolute atomic E-state index is 15.1. The Kier molecular flexibility index (Phi) is 9.36. The number of carbonyl (C=O) groups is 2. The molecule has 14 heteroatoms.